The van der Waals surface area contributed by atoms with Crippen molar-refractivity contribution in [1.29, 1.82) is 0 Å². The molecule has 0 fully saturated rings. The molecule has 0 spiro atoms. The Labute approximate surface area is 537 Å². The van der Waals surface area contributed by atoms with Gasteiger partial charge >= 0.3 is 39.5 Å². The lowest BCUT2D eigenvalue weighted by atomic mass is 9.99. The summed E-state index contributed by atoms with van der Waals surface area (Å²) in [7, 11) is -9.90. The summed E-state index contributed by atoms with van der Waals surface area (Å²) in [4.78, 5) is 72.4. The topological polar surface area (TPSA) is 237 Å². The van der Waals surface area contributed by atoms with E-state index in [1.807, 2.05) is 0 Å². The molecule has 0 saturated carbocycles. The lowest BCUT2D eigenvalue weighted by molar-refractivity contribution is -0.161. The first-order chi connectivity index (χ1) is 42.1. The van der Waals surface area contributed by atoms with Crippen molar-refractivity contribution in [2.75, 3.05) is 39.6 Å². The van der Waals surface area contributed by atoms with Crippen molar-refractivity contribution in [1.82, 2.24) is 0 Å². The highest BCUT2D eigenvalue weighted by molar-refractivity contribution is 7.47. The molecule has 0 aliphatic rings. The summed E-state index contributed by atoms with van der Waals surface area (Å²) < 4.78 is 68.2. The minimum absolute atomic E-state index is 0.102. The van der Waals surface area contributed by atoms with Crippen molar-refractivity contribution in [2.24, 2.45) is 23.7 Å². The molecule has 19 heteroatoms. The highest BCUT2D eigenvalue weighted by Gasteiger charge is 2.30. The number of unbranched alkanes of at least 4 members (excludes halogenated alkanes) is 31. The molecule has 0 amide bonds. The number of hydrogen-bond donors (Lipinski definition) is 3. The van der Waals surface area contributed by atoms with E-state index in [4.69, 9.17) is 37.0 Å². The third-order valence-electron chi connectivity index (χ3n) is 16.2. The summed E-state index contributed by atoms with van der Waals surface area (Å²) in [5, 5.41) is 10.6. The number of phosphoric ester groups is 2. The average molecular weight is 1300 g/mol. The van der Waals surface area contributed by atoms with Crippen LogP contribution in [-0.2, 0) is 65.4 Å². The number of aliphatic hydroxyl groups excluding tert-OH is 1. The molecule has 0 aromatic carbocycles. The summed E-state index contributed by atoms with van der Waals surface area (Å²) >= 11 is 0. The largest absolute Gasteiger partial charge is 0.472 e. The van der Waals surface area contributed by atoms with E-state index >= 15 is 0 Å². The zero-order chi connectivity index (χ0) is 65.4. The molecule has 0 rings (SSSR count). The lowest BCUT2D eigenvalue weighted by Crippen LogP contribution is -2.30. The van der Waals surface area contributed by atoms with Gasteiger partial charge in [-0.25, -0.2) is 9.13 Å². The molecule has 3 N–H and O–H groups in total. The van der Waals surface area contributed by atoms with Crippen LogP contribution in [0.25, 0.3) is 0 Å². The van der Waals surface area contributed by atoms with E-state index in [9.17, 15) is 43.2 Å². The predicted octanol–water partition coefficient (Wildman–Crippen LogP) is 19.3. The van der Waals surface area contributed by atoms with Gasteiger partial charge in [-0.1, -0.05) is 287 Å². The highest BCUT2D eigenvalue weighted by Crippen LogP contribution is 2.45. The SMILES string of the molecule is CCC(C)CCCCCCCCCCCCC(=O)O[C@H](COC(=O)CCCCCCCCCC(C)C)COP(=O)(O)OCC(O)COP(=O)(O)OC[C@@H](COC(=O)CCCCCCCCCCCCCCC(C)C)OC(=O)CCCCCCCCC(C)C. The van der Waals surface area contributed by atoms with Crippen LogP contribution in [0.1, 0.15) is 338 Å². The second-order valence-corrected chi connectivity index (χ2v) is 29.5. The van der Waals surface area contributed by atoms with Crippen molar-refractivity contribution in [3.8, 4) is 0 Å². The van der Waals surface area contributed by atoms with Gasteiger partial charge in [0.2, 0.25) is 0 Å². The number of carbonyl (C=O) groups is 4. The molecular formula is C69H134O17P2. The summed E-state index contributed by atoms with van der Waals surface area (Å²) in [6, 6.07) is 0. The Bertz CT molecular complexity index is 1750. The van der Waals surface area contributed by atoms with E-state index in [0.717, 1.165) is 108 Å². The van der Waals surface area contributed by atoms with E-state index in [2.05, 4.69) is 55.4 Å². The maximum atomic E-state index is 13.0. The second kappa shape index (κ2) is 58.8. The molecule has 0 saturated heterocycles. The van der Waals surface area contributed by atoms with Crippen LogP contribution in [0.3, 0.4) is 0 Å². The minimum atomic E-state index is -4.95. The fourth-order valence-corrected chi connectivity index (χ4v) is 11.9. The summed E-state index contributed by atoms with van der Waals surface area (Å²) in [6.45, 7) is 14.0. The molecule has 4 unspecified atom stereocenters. The number of carbonyl (C=O) groups excluding carboxylic acids is 4. The molecule has 17 nitrogen and oxygen atoms in total. The Morgan fingerprint density at radius 2 is 0.545 bits per heavy atom. The van der Waals surface area contributed by atoms with Gasteiger partial charge < -0.3 is 33.8 Å². The standard InChI is InChI=1S/C69H134O17P2/c1-9-62(8)48-40-32-23-17-14-15-19-25-35-43-51-68(73)85-64(55-80-67(72)50-42-34-26-20-22-30-38-46-60(4)5)57-83-87(75,76)81-53-63(70)54-82-88(77,78)84-58-65(86-69(74)52-44-36-28-27-31-39-47-61(6)7)56-79-66(71)49-41-33-24-18-13-11-10-12-16-21-29-37-45-59(2)3/h59-65,70H,9-58H2,1-8H3,(H,75,76)(H,77,78)/t62?,63?,64-,65-/m1/s1. The van der Waals surface area contributed by atoms with Crippen molar-refractivity contribution in [2.45, 2.75) is 356 Å². The number of hydrogen-bond acceptors (Lipinski definition) is 15. The van der Waals surface area contributed by atoms with E-state index in [-0.39, 0.29) is 25.7 Å². The lowest BCUT2D eigenvalue weighted by Gasteiger charge is -2.21. The fourth-order valence-electron chi connectivity index (χ4n) is 10.3. The quantitative estimate of drug-likeness (QED) is 0.0222. The fraction of sp³-hybridized carbons (Fsp3) is 0.942. The summed E-state index contributed by atoms with van der Waals surface area (Å²) in [5.41, 5.74) is 0. The number of ether oxygens (including phenoxy) is 4. The van der Waals surface area contributed by atoms with Crippen LogP contribution in [0, 0.1) is 23.7 Å². The van der Waals surface area contributed by atoms with Crippen molar-refractivity contribution < 1.29 is 80.2 Å². The van der Waals surface area contributed by atoms with E-state index in [1.54, 1.807) is 0 Å². The molecule has 0 aromatic rings. The molecule has 6 atom stereocenters. The molecular weight excluding hydrogens is 1160 g/mol. The Balaban J connectivity index is 5.22. The van der Waals surface area contributed by atoms with E-state index in [0.29, 0.717) is 37.5 Å². The number of phosphoric acid groups is 2. The number of esters is 4. The van der Waals surface area contributed by atoms with Gasteiger partial charge in [0.15, 0.2) is 12.2 Å². The van der Waals surface area contributed by atoms with Gasteiger partial charge in [0.1, 0.15) is 19.3 Å². The Morgan fingerprint density at radius 3 is 0.807 bits per heavy atom. The molecule has 0 bridgehead atoms. The molecule has 88 heavy (non-hydrogen) atoms. The zero-order valence-corrected chi connectivity index (χ0v) is 59.1. The van der Waals surface area contributed by atoms with Crippen LogP contribution in [0.15, 0.2) is 0 Å². The van der Waals surface area contributed by atoms with Gasteiger partial charge in [-0.3, -0.25) is 37.3 Å². The van der Waals surface area contributed by atoms with Crippen LogP contribution in [0.4, 0.5) is 0 Å². The van der Waals surface area contributed by atoms with Gasteiger partial charge in [0.25, 0.3) is 0 Å². The number of aliphatic hydroxyl groups is 1. The highest BCUT2D eigenvalue weighted by atomic mass is 31.2. The Hall–Kier alpha value is -1.94. The monoisotopic (exact) mass is 1300 g/mol. The molecule has 0 aliphatic heterocycles. The average Bonchev–Trinajstić information content (AvgIpc) is 3.69. The van der Waals surface area contributed by atoms with Gasteiger partial charge in [-0.05, 0) is 49.4 Å². The third kappa shape index (κ3) is 61.6. The molecule has 0 aliphatic carbocycles. The van der Waals surface area contributed by atoms with E-state index in [1.165, 1.54) is 135 Å². The van der Waals surface area contributed by atoms with Gasteiger partial charge in [-0.15, -0.1) is 0 Å². The second-order valence-electron chi connectivity index (χ2n) is 26.6. The van der Waals surface area contributed by atoms with Crippen LogP contribution in [0.5, 0.6) is 0 Å². The normalized spacial score (nSPS) is 14.6. The molecule has 0 radical (unpaired) electrons. The molecule has 522 valence electrons. The Morgan fingerprint density at radius 1 is 0.318 bits per heavy atom. The van der Waals surface area contributed by atoms with Crippen LogP contribution >= 0.6 is 15.6 Å². The smallest absolute Gasteiger partial charge is 0.462 e. The number of rotatable bonds is 66. The minimum Gasteiger partial charge on any atom is -0.462 e. The summed E-state index contributed by atoms with van der Waals surface area (Å²) in [6.07, 6.45) is 40.5. The first-order valence-electron chi connectivity index (χ1n) is 35.7. The summed E-state index contributed by atoms with van der Waals surface area (Å²) in [5.74, 6) is 0.824. The van der Waals surface area contributed by atoms with Gasteiger partial charge in [-0.2, -0.15) is 0 Å². The predicted molar refractivity (Wildman–Crippen MR) is 354 cm³/mol. The van der Waals surface area contributed by atoms with Crippen LogP contribution < -0.4 is 0 Å². The first kappa shape index (κ1) is 86.1. The maximum Gasteiger partial charge on any atom is 0.472 e. The first-order valence-corrected chi connectivity index (χ1v) is 38.7. The van der Waals surface area contributed by atoms with Crippen LogP contribution in [-0.4, -0.2) is 96.7 Å². The van der Waals surface area contributed by atoms with Crippen molar-refractivity contribution in [3.05, 3.63) is 0 Å². The van der Waals surface area contributed by atoms with Gasteiger partial charge in [0.05, 0.1) is 26.4 Å². The van der Waals surface area contributed by atoms with Gasteiger partial charge in [0, 0.05) is 25.7 Å². The maximum absolute atomic E-state index is 13.0. The molecule has 0 heterocycles. The van der Waals surface area contributed by atoms with Crippen molar-refractivity contribution in [3.63, 3.8) is 0 Å². The zero-order valence-electron chi connectivity index (χ0n) is 57.3. The Kier molecular flexibility index (Phi) is 57.6. The molecule has 0 aromatic heterocycles. The third-order valence-corrected chi connectivity index (χ3v) is 18.1. The van der Waals surface area contributed by atoms with Crippen molar-refractivity contribution >= 4 is 39.5 Å². The van der Waals surface area contributed by atoms with E-state index < -0.39 is 97.5 Å². The van der Waals surface area contributed by atoms with Crippen LogP contribution in [0.2, 0.25) is 0 Å².